The van der Waals surface area contributed by atoms with Crippen molar-refractivity contribution in [2.24, 2.45) is 0 Å². The third kappa shape index (κ3) is 3.28. The van der Waals surface area contributed by atoms with E-state index in [1.165, 1.54) is 18.2 Å². The number of carboxylic acids is 1. The minimum Gasteiger partial charge on any atom is -0.487 e. The molecule has 0 aromatic heterocycles. The minimum atomic E-state index is -1.04. The quantitative estimate of drug-likeness (QED) is 0.934. The number of aromatic carboxylic acids is 1. The lowest BCUT2D eigenvalue weighted by Crippen LogP contribution is -1.99. The lowest BCUT2D eigenvalue weighted by Gasteiger charge is -2.08. The Bertz CT molecular complexity index is 675. The van der Waals surface area contributed by atoms with E-state index in [1.807, 2.05) is 6.07 Å². The predicted molar refractivity (Wildman–Crippen MR) is 73.9 cm³/mol. The molecule has 0 fully saturated rings. The van der Waals surface area contributed by atoms with Crippen molar-refractivity contribution in [1.29, 1.82) is 5.26 Å². The summed E-state index contributed by atoms with van der Waals surface area (Å²) in [6.45, 7) is 0.290. The first kappa shape index (κ1) is 13.9. The van der Waals surface area contributed by atoms with Crippen LogP contribution in [0.5, 0.6) is 5.75 Å². The van der Waals surface area contributed by atoms with Gasteiger partial charge in [-0.3, -0.25) is 0 Å². The lowest BCUT2D eigenvalue weighted by molar-refractivity contribution is 0.0697. The summed E-state index contributed by atoms with van der Waals surface area (Å²) in [5, 5.41) is 17.8. The van der Waals surface area contributed by atoms with Gasteiger partial charge in [-0.15, -0.1) is 0 Å². The van der Waals surface area contributed by atoms with Crippen molar-refractivity contribution >= 4 is 17.6 Å². The van der Waals surface area contributed by atoms with E-state index < -0.39 is 5.97 Å². The van der Waals surface area contributed by atoms with Crippen LogP contribution >= 0.6 is 11.6 Å². The van der Waals surface area contributed by atoms with E-state index in [0.717, 1.165) is 5.56 Å². The van der Waals surface area contributed by atoms with E-state index in [9.17, 15) is 4.79 Å². The Morgan fingerprint density at radius 3 is 2.50 bits per heavy atom. The fourth-order valence-corrected chi connectivity index (χ4v) is 1.82. The van der Waals surface area contributed by atoms with Gasteiger partial charge in [0.2, 0.25) is 0 Å². The highest BCUT2D eigenvalue weighted by molar-refractivity contribution is 6.32. The third-order valence-electron chi connectivity index (χ3n) is 2.66. The summed E-state index contributed by atoms with van der Waals surface area (Å²) in [5.41, 5.74) is 1.58. The molecule has 0 aliphatic heterocycles. The molecule has 1 N–H and O–H groups in total. The summed E-state index contributed by atoms with van der Waals surface area (Å²) < 4.78 is 5.52. The van der Waals surface area contributed by atoms with E-state index in [2.05, 4.69) is 0 Å². The maximum atomic E-state index is 10.8. The molecule has 0 radical (unpaired) electrons. The summed E-state index contributed by atoms with van der Waals surface area (Å²) in [6, 6.07) is 13.3. The topological polar surface area (TPSA) is 70.3 Å². The number of carboxylic acid groups (broad SMARTS) is 1. The third-order valence-corrected chi connectivity index (χ3v) is 2.95. The van der Waals surface area contributed by atoms with E-state index in [-0.39, 0.29) is 17.2 Å². The van der Waals surface area contributed by atoms with E-state index in [1.54, 1.807) is 24.3 Å². The zero-order valence-corrected chi connectivity index (χ0v) is 11.1. The first-order valence-corrected chi connectivity index (χ1v) is 6.12. The molecule has 2 aromatic carbocycles. The van der Waals surface area contributed by atoms with Gasteiger partial charge < -0.3 is 9.84 Å². The van der Waals surface area contributed by atoms with Gasteiger partial charge in [0.15, 0.2) is 0 Å². The first-order valence-electron chi connectivity index (χ1n) is 5.75. The van der Waals surface area contributed by atoms with Crippen molar-refractivity contribution in [3.63, 3.8) is 0 Å². The van der Waals surface area contributed by atoms with E-state index in [4.69, 9.17) is 26.7 Å². The molecule has 2 rings (SSSR count). The molecule has 100 valence electrons. The van der Waals surface area contributed by atoms with Gasteiger partial charge in [-0.25, -0.2) is 4.79 Å². The Morgan fingerprint density at radius 2 is 1.95 bits per heavy atom. The molecule has 0 saturated heterocycles. The molecule has 0 saturated carbocycles. The lowest BCUT2D eigenvalue weighted by atomic mass is 10.1. The minimum absolute atomic E-state index is 0.112. The zero-order valence-electron chi connectivity index (χ0n) is 10.3. The van der Waals surface area contributed by atoms with Gasteiger partial charge in [0.25, 0.3) is 0 Å². The molecule has 0 unspecified atom stereocenters. The molecule has 0 heterocycles. The number of hydrogen-bond acceptors (Lipinski definition) is 3. The summed E-state index contributed by atoms with van der Waals surface area (Å²) in [5.74, 6) is -0.619. The number of nitriles is 1. The Kier molecular flexibility index (Phi) is 4.24. The summed E-state index contributed by atoms with van der Waals surface area (Å²) >= 11 is 5.96. The maximum Gasteiger partial charge on any atom is 0.335 e. The highest BCUT2D eigenvalue weighted by Gasteiger charge is 2.08. The number of halogens is 1. The smallest absolute Gasteiger partial charge is 0.335 e. The number of hydrogen-bond donors (Lipinski definition) is 1. The van der Waals surface area contributed by atoms with Crippen LogP contribution in [0.4, 0.5) is 0 Å². The SMILES string of the molecule is N#Cc1ccc(COc2ccc(C(=O)O)cc2Cl)cc1. The number of rotatable bonds is 4. The molecule has 0 aliphatic carbocycles. The summed E-state index contributed by atoms with van der Waals surface area (Å²) in [4.78, 5) is 10.8. The van der Waals surface area contributed by atoms with Crippen molar-refractivity contribution in [1.82, 2.24) is 0 Å². The second kappa shape index (κ2) is 6.09. The number of nitrogens with zero attached hydrogens (tertiary/aromatic N) is 1. The highest BCUT2D eigenvalue weighted by atomic mass is 35.5. The maximum absolute atomic E-state index is 10.8. The van der Waals surface area contributed by atoms with Crippen molar-refractivity contribution in [3.8, 4) is 11.8 Å². The second-order valence-corrected chi connectivity index (χ2v) is 4.45. The van der Waals surface area contributed by atoms with E-state index >= 15 is 0 Å². The molecule has 0 aliphatic rings. The predicted octanol–water partition coefficient (Wildman–Crippen LogP) is 3.49. The van der Waals surface area contributed by atoms with Crippen molar-refractivity contribution in [2.45, 2.75) is 6.61 Å². The average molecular weight is 288 g/mol. The normalized spacial score (nSPS) is 9.80. The fourth-order valence-electron chi connectivity index (χ4n) is 1.59. The standard InChI is InChI=1S/C15H10ClNO3/c16-13-7-12(15(18)19)5-6-14(13)20-9-11-3-1-10(8-17)2-4-11/h1-7H,9H2,(H,18,19). The van der Waals surface area contributed by atoms with Gasteiger partial charge in [0, 0.05) is 0 Å². The monoisotopic (exact) mass is 287 g/mol. The van der Waals surface area contributed by atoms with Gasteiger partial charge in [0.05, 0.1) is 22.2 Å². The molecule has 2 aromatic rings. The van der Waals surface area contributed by atoms with Crippen LogP contribution in [-0.4, -0.2) is 11.1 Å². The number of carbonyl (C=O) groups is 1. The molecule has 20 heavy (non-hydrogen) atoms. The number of benzene rings is 2. The molecule has 5 heteroatoms. The Morgan fingerprint density at radius 1 is 1.25 bits per heavy atom. The van der Waals surface area contributed by atoms with Crippen LogP contribution < -0.4 is 4.74 Å². The fraction of sp³-hybridized carbons (Fsp3) is 0.0667. The Hall–Kier alpha value is -2.51. The molecule has 0 amide bonds. The molecular weight excluding hydrogens is 278 g/mol. The van der Waals surface area contributed by atoms with Crippen molar-refractivity contribution < 1.29 is 14.6 Å². The van der Waals surface area contributed by atoms with Gasteiger partial charge >= 0.3 is 5.97 Å². The van der Waals surface area contributed by atoms with Gasteiger partial charge in [0.1, 0.15) is 12.4 Å². The largest absolute Gasteiger partial charge is 0.487 e. The van der Waals surface area contributed by atoms with Gasteiger partial charge in [-0.2, -0.15) is 5.26 Å². The van der Waals surface area contributed by atoms with Crippen LogP contribution in [0.15, 0.2) is 42.5 Å². The molecule has 0 spiro atoms. The van der Waals surface area contributed by atoms with Crippen molar-refractivity contribution in [2.75, 3.05) is 0 Å². The first-order chi connectivity index (χ1) is 9.60. The molecular formula is C15H10ClNO3. The van der Waals surface area contributed by atoms with Gasteiger partial charge in [-0.05, 0) is 35.9 Å². The van der Waals surface area contributed by atoms with Gasteiger partial charge in [-0.1, -0.05) is 23.7 Å². The van der Waals surface area contributed by atoms with E-state index in [0.29, 0.717) is 11.3 Å². The Labute approximate surface area is 120 Å². The van der Waals surface area contributed by atoms with Crippen LogP contribution in [0.25, 0.3) is 0 Å². The molecule has 0 bridgehead atoms. The van der Waals surface area contributed by atoms with Crippen LogP contribution in [0.3, 0.4) is 0 Å². The average Bonchev–Trinajstić information content (AvgIpc) is 2.46. The highest BCUT2D eigenvalue weighted by Crippen LogP contribution is 2.26. The van der Waals surface area contributed by atoms with Crippen molar-refractivity contribution in [3.05, 3.63) is 64.2 Å². The van der Waals surface area contributed by atoms with Crippen LogP contribution in [0, 0.1) is 11.3 Å². The summed E-state index contributed by atoms with van der Waals surface area (Å²) in [7, 11) is 0. The van der Waals surface area contributed by atoms with Crippen LogP contribution in [0.1, 0.15) is 21.5 Å². The summed E-state index contributed by atoms with van der Waals surface area (Å²) in [6.07, 6.45) is 0. The second-order valence-electron chi connectivity index (χ2n) is 4.05. The molecule has 0 atom stereocenters. The molecule has 4 nitrogen and oxygen atoms in total. The van der Waals surface area contributed by atoms with Crippen LogP contribution in [0.2, 0.25) is 5.02 Å². The van der Waals surface area contributed by atoms with Crippen LogP contribution in [-0.2, 0) is 6.61 Å². The number of ether oxygens (including phenoxy) is 1. The zero-order chi connectivity index (χ0) is 14.5. The Balaban J connectivity index is 2.07.